The van der Waals surface area contributed by atoms with Crippen molar-refractivity contribution in [3.05, 3.63) is 103 Å². The van der Waals surface area contributed by atoms with E-state index in [0.29, 0.717) is 50.5 Å². The maximum atomic E-state index is 13.7. The first-order chi connectivity index (χ1) is 27.3. The molecule has 1 saturated heterocycles. The van der Waals surface area contributed by atoms with Gasteiger partial charge in [0, 0.05) is 16.5 Å². The van der Waals surface area contributed by atoms with Crippen molar-refractivity contribution in [1.29, 1.82) is 0 Å². The fourth-order valence-corrected chi connectivity index (χ4v) is 6.61. The summed E-state index contributed by atoms with van der Waals surface area (Å²) in [5.41, 5.74) is 2.53. The Bertz CT molecular complexity index is 2130. The van der Waals surface area contributed by atoms with Crippen LogP contribution in [0.25, 0.3) is 21.9 Å². The number of methoxy groups -OCH3 is 2. The second kappa shape index (κ2) is 16.9. The quantitative estimate of drug-likeness (QED) is 0.0760. The van der Waals surface area contributed by atoms with Crippen LogP contribution in [0.5, 0.6) is 28.7 Å². The van der Waals surface area contributed by atoms with Gasteiger partial charge in [-0.25, -0.2) is 14.4 Å². The van der Waals surface area contributed by atoms with Crippen LogP contribution in [0.1, 0.15) is 21.5 Å². The Morgan fingerprint density at radius 2 is 1.50 bits per heavy atom. The lowest BCUT2D eigenvalue weighted by molar-refractivity contribution is -0.258. The first kappa shape index (κ1) is 37.8. The molecule has 56 heavy (non-hydrogen) atoms. The minimum Gasteiger partial charge on any atom is -0.493 e. The van der Waals surface area contributed by atoms with Gasteiger partial charge in [0.1, 0.15) is 31.7 Å². The predicted molar refractivity (Wildman–Crippen MR) is 196 cm³/mol. The summed E-state index contributed by atoms with van der Waals surface area (Å²) in [7, 11) is 2.98. The molecule has 0 aromatic heterocycles. The van der Waals surface area contributed by atoms with Gasteiger partial charge in [0.15, 0.2) is 35.2 Å². The van der Waals surface area contributed by atoms with E-state index in [4.69, 9.17) is 56.8 Å². The van der Waals surface area contributed by atoms with Crippen molar-refractivity contribution in [2.75, 3.05) is 40.8 Å². The Hall–Kier alpha value is -6.45. The molecule has 292 valence electrons. The molecule has 0 radical (unpaired) electrons. The van der Waals surface area contributed by atoms with E-state index in [1.807, 2.05) is 36.4 Å². The summed E-state index contributed by atoms with van der Waals surface area (Å²) < 4.78 is 69.1. The number of hydrogen-bond acceptors (Lipinski definition) is 15. The van der Waals surface area contributed by atoms with Crippen LogP contribution in [-0.4, -0.2) is 83.7 Å². The molecule has 0 saturated carbocycles. The second-order valence-corrected chi connectivity index (χ2v) is 12.5. The van der Waals surface area contributed by atoms with Crippen LogP contribution in [0.15, 0.2) is 86.0 Å². The lowest BCUT2D eigenvalue weighted by Gasteiger charge is -2.40. The van der Waals surface area contributed by atoms with Gasteiger partial charge in [0.2, 0.25) is 13.1 Å². The lowest BCUT2D eigenvalue weighted by Crippen LogP contribution is -2.58. The highest BCUT2D eigenvalue weighted by Crippen LogP contribution is 2.50. The standard InChI is InChI=1S/C41H38O15/c1-5-14-47-40(43)54-32-21-51-39(37(56-41(44)48-15-6-2)36(32)49-19-23-10-8-7-9-11-23)55-35-26-18-30(46-4)29(45-3)17-25(26)33(34-27(35)20-50-38(34)42)24-12-13-28-31(16-24)53-22-52-28/h5-13,16-18,32,36-37,39H,1-2,14-15,19-22H2,3-4H3/t32-,36+,37-,39?/m1/s1. The van der Waals surface area contributed by atoms with E-state index in [1.54, 1.807) is 24.3 Å². The normalized spacial score (nSPS) is 19.3. The summed E-state index contributed by atoms with van der Waals surface area (Å²) in [6.45, 7) is 6.48. The number of hydrogen-bond donors (Lipinski definition) is 0. The van der Waals surface area contributed by atoms with Gasteiger partial charge >= 0.3 is 18.3 Å². The Balaban J connectivity index is 1.35. The van der Waals surface area contributed by atoms with Crippen LogP contribution in [0, 0.1) is 0 Å². The van der Waals surface area contributed by atoms with Gasteiger partial charge in [-0.2, -0.15) is 0 Å². The van der Waals surface area contributed by atoms with Crippen LogP contribution in [-0.2, 0) is 46.4 Å². The maximum Gasteiger partial charge on any atom is 0.509 e. The van der Waals surface area contributed by atoms with Crippen LogP contribution < -0.4 is 23.7 Å². The first-order valence-electron chi connectivity index (χ1n) is 17.5. The Morgan fingerprint density at radius 1 is 0.804 bits per heavy atom. The maximum absolute atomic E-state index is 13.7. The van der Waals surface area contributed by atoms with Crippen LogP contribution in [0.4, 0.5) is 9.59 Å². The molecule has 3 heterocycles. The topological polar surface area (TPSA) is 162 Å². The number of cyclic esters (lactones) is 1. The Morgan fingerprint density at radius 3 is 2.21 bits per heavy atom. The zero-order valence-corrected chi connectivity index (χ0v) is 30.5. The van der Waals surface area contributed by atoms with E-state index in [0.717, 1.165) is 5.56 Å². The smallest absolute Gasteiger partial charge is 0.493 e. The van der Waals surface area contributed by atoms with Gasteiger partial charge in [0.05, 0.1) is 33.0 Å². The molecule has 4 aromatic rings. The fourth-order valence-electron chi connectivity index (χ4n) is 6.61. The third-order valence-electron chi connectivity index (χ3n) is 9.10. The minimum atomic E-state index is -1.43. The second-order valence-electron chi connectivity index (χ2n) is 12.5. The van der Waals surface area contributed by atoms with Crippen molar-refractivity contribution < 1.29 is 71.2 Å². The van der Waals surface area contributed by atoms with Gasteiger partial charge in [-0.1, -0.05) is 61.7 Å². The lowest BCUT2D eigenvalue weighted by atomic mass is 9.89. The van der Waals surface area contributed by atoms with Gasteiger partial charge in [-0.05, 0) is 40.8 Å². The van der Waals surface area contributed by atoms with E-state index in [1.165, 1.54) is 26.4 Å². The molecule has 7 rings (SSSR count). The molecular weight excluding hydrogens is 732 g/mol. The van der Waals surface area contributed by atoms with Crippen LogP contribution >= 0.6 is 0 Å². The molecule has 0 amide bonds. The van der Waals surface area contributed by atoms with Crippen molar-refractivity contribution >= 4 is 29.1 Å². The molecule has 3 aliphatic rings. The summed E-state index contributed by atoms with van der Waals surface area (Å²) >= 11 is 0. The van der Waals surface area contributed by atoms with Crippen molar-refractivity contribution in [2.24, 2.45) is 0 Å². The molecule has 0 aliphatic carbocycles. The van der Waals surface area contributed by atoms with E-state index in [-0.39, 0.29) is 51.1 Å². The van der Waals surface area contributed by atoms with E-state index in [2.05, 4.69) is 13.2 Å². The molecule has 3 aliphatic heterocycles. The number of carbonyl (C=O) groups is 3. The zero-order valence-electron chi connectivity index (χ0n) is 30.5. The number of esters is 1. The molecule has 0 bridgehead atoms. The highest BCUT2D eigenvalue weighted by molar-refractivity contribution is 6.14. The summed E-state index contributed by atoms with van der Waals surface area (Å²) in [6.07, 6.45) is -4.59. The van der Waals surface area contributed by atoms with E-state index >= 15 is 0 Å². The minimum absolute atomic E-state index is 0.0171. The number of carbonyl (C=O) groups excluding carboxylic acids is 3. The molecule has 4 atom stereocenters. The summed E-state index contributed by atoms with van der Waals surface area (Å²) in [5.74, 6) is 1.35. The van der Waals surface area contributed by atoms with Gasteiger partial charge in [-0.3, -0.25) is 0 Å². The average Bonchev–Trinajstić information content (AvgIpc) is 3.85. The third kappa shape index (κ3) is 7.72. The molecule has 15 heteroatoms. The fraction of sp³-hybridized carbons (Fsp3) is 0.293. The Kier molecular flexibility index (Phi) is 11.4. The molecule has 15 nitrogen and oxygen atoms in total. The van der Waals surface area contributed by atoms with Crippen molar-refractivity contribution in [3.8, 4) is 39.9 Å². The van der Waals surface area contributed by atoms with Crippen molar-refractivity contribution in [3.63, 3.8) is 0 Å². The summed E-state index contributed by atoms with van der Waals surface area (Å²) in [5, 5.41) is 0.993. The average molecular weight is 771 g/mol. The van der Waals surface area contributed by atoms with Crippen LogP contribution in [0.2, 0.25) is 0 Å². The highest BCUT2D eigenvalue weighted by Gasteiger charge is 2.49. The van der Waals surface area contributed by atoms with Gasteiger partial charge in [0.25, 0.3) is 0 Å². The van der Waals surface area contributed by atoms with Crippen molar-refractivity contribution in [2.45, 2.75) is 37.8 Å². The number of benzene rings is 4. The number of rotatable bonds is 14. The third-order valence-corrected chi connectivity index (χ3v) is 9.10. The van der Waals surface area contributed by atoms with Gasteiger partial charge < -0.3 is 56.8 Å². The highest BCUT2D eigenvalue weighted by atomic mass is 16.8. The first-order valence-corrected chi connectivity index (χ1v) is 17.5. The number of ether oxygens (including phenoxy) is 12. The van der Waals surface area contributed by atoms with E-state index < -0.39 is 42.9 Å². The van der Waals surface area contributed by atoms with Crippen LogP contribution in [0.3, 0.4) is 0 Å². The molecule has 0 spiro atoms. The summed E-state index contributed by atoms with van der Waals surface area (Å²) in [6, 6.07) is 18.0. The predicted octanol–water partition coefficient (Wildman–Crippen LogP) is 6.66. The molecule has 1 unspecified atom stereocenters. The largest absolute Gasteiger partial charge is 0.509 e. The molecule has 1 fully saturated rings. The van der Waals surface area contributed by atoms with Gasteiger partial charge in [-0.15, -0.1) is 0 Å². The Labute approximate surface area is 321 Å². The van der Waals surface area contributed by atoms with E-state index in [9.17, 15) is 14.4 Å². The molecule has 0 N–H and O–H groups in total. The SMILES string of the molecule is C=CCOC(=O)O[C@@H]1COC(Oc2c3c(c(-c4ccc5c(c4)OCO5)c4cc(OC)c(OC)cc24)C(=O)OC3)[C@H](OC(=O)OCC=C)[C@H]1OCc1ccccc1. The monoisotopic (exact) mass is 770 g/mol. The zero-order chi connectivity index (χ0) is 39.2. The number of fused-ring (bicyclic) bond motifs is 3. The van der Waals surface area contributed by atoms with Crippen molar-refractivity contribution in [1.82, 2.24) is 0 Å². The molecular formula is C41H38O15. The summed E-state index contributed by atoms with van der Waals surface area (Å²) in [4.78, 5) is 39.5. The molecule has 4 aromatic carbocycles.